The van der Waals surface area contributed by atoms with Crippen molar-refractivity contribution >= 4 is 22.7 Å². The van der Waals surface area contributed by atoms with E-state index in [1.165, 1.54) is 57.4 Å². The Morgan fingerprint density at radius 2 is 1.07 bits per heavy atom. The molecule has 3 heteroatoms. The molecule has 0 spiro atoms. The van der Waals surface area contributed by atoms with Gasteiger partial charge in [0.25, 0.3) is 0 Å². The second-order valence-corrected chi connectivity index (χ2v) is 16.7. The van der Waals surface area contributed by atoms with Crippen LogP contribution in [-0.4, -0.2) is 12.1 Å². The van der Waals surface area contributed by atoms with Gasteiger partial charge in [0.2, 0.25) is 0 Å². The molecule has 5 aromatic rings. The number of anilines is 4. The minimum Gasteiger partial charge on any atom is -0.338 e. The van der Waals surface area contributed by atoms with Crippen molar-refractivity contribution in [3.05, 3.63) is 253 Å². The Morgan fingerprint density at radius 3 is 1.64 bits per heavy atom. The first-order chi connectivity index (χ1) is 30.3. The van der Waals surface area contributed by atoms with Gasteiger partial charge in [-0.3, -0.25) is 0 Å². The van der Waals surface area contributed by atoms with Gasteiger partial charge in [0.1, 0.15) is 0 Å². The quantitative estimate of drug-likeness (QED) is 0.104. The molecule has 4 unspecified atom stereocenters. The van der Waals surface area contributed by atoms with Crippen LogP contribution in [0.5, 0.6) is 0 Å². The van der Waals surface area contributed by atoms with Crippen molar-refractivity contribution in [1.29, 1.82) is 0 Å². The summed E-state index contributed by atoms with van der Waals surface area (Å²) in [4.78, 5) is 7.52. The Balaban J connectivity index is 0.941. The van der Waals surface area contributed by atoms with Crippen LogP contribution in [0.1, 0.15) is 62.0 Å². The van der Waals surface area contributed by atoms with Gasteiger partial charge in [-0.15, -0.1) is 0 Å². The molecule has 0 heterocycles. The second-order valence-electron chi connectivity index (χ2n) is 16.7. The first-order valence-corrected chi connectivity index (χ1v) is 22.4. The molecule has 0 aromatic heterocycles. The molecule has 9 rings (SSSR count). The number of hydrogen-bond donors (Lipinski definition) is 0. The Hall–Kier alpha value is -6.58. The van der Waals surface area contributed by atoms with E-state index in [0.29, 0.717) is 11.8 Å². The van der Waals surface area contributed by atoms with Crippen LogP contribution in [0.4, 0.5) is 22.7 Å². The van der Waals surface area contributed by atoms with Crippen molar-refractivity contribution in [2.45, 2.75) is 69.4 Å². The molecule has 0 amide bonds. The van der Waals surface area contributed by atoms with Gasteiger partial charge in [0.15, 0.2) is 0 Å². The van der Waals surface area contributed by atoms with Crippen LogP contribution in [0.25, 0.3) is 0 Å². The third-order valence-electron chi connectivity index (χ3n) is 12.6. The summed E-state index contributed by atoms with van der Waals surface area (Å²) in [5.41, 5.74) is 11.6. The number of nitrogens with zero attached hydrogens (tertiary/aromatic N) is 3. The maximum absolute atomic E-state index is 2.57. The lowest BCUT2D eigenvalue weighted by Crippen LogP contribution is -2.37. The van der Waals surface area contributed by atoms with Gasteiger partial charge < -0.3 is 14.7 Å². The molecule has 0 fully saturated rings. The summed E-state index contributed by atoms with van der Waals surface area (Å²) < 4.78 is 0. The topological polar surface area (TPSA) is 9.72 Å². The molecule has 4 aliphatic carbocycles. The zero-order valence-corrected chi connectivity index (χ0v) is 35.2. The SMILES string of the molecule is C1=CCC(CC(CCc2ccc(N(C3=CCC(N(C4=CC=C(N(c5ccccc5)c5ccccc5)CC4)c4ccccc4)C=C3)C3C=CC=CC3)cc2)c2ccccc2)C=C1. The number of allylic oxidation sites excluding steroid dienone is 11. The van der Waals surface area contributed by atoms with Crippen molar-refractivity contribution in [2.24, 2.45) is 5.92 Å². The van der Waals surface area contributed by atoms with E-state index >= 15 is 0 Å². The standard InChI is InChI=1S/C58H57N3/c1-7-19-47(20-8-1)45-49(48-21-9-2-10-22-48)34-31-46-32-35-54(36-33-46)60(52-27-15-5-16-28-52)56-41-43-58(44-42-56)61(53-29-17-6-18-30-53)57-39-37-55(38-40-57)59(50-23-11-3-12-24-50)51-25-13-4-14-26-51/h1-19,21-27,29-30,32-33,35-37,39,41-43,47,49,52,58H,20,28,31,34,38,40,44-45H2. The van der Waals surface area contributed by atoms with Crippen molar-refractivity contribution in [3.63, 3.8) is 0 Å². The van der Waals surface area contributed by atoms with Crippen LogP contribution < -0.4 is 14.7 Å². The zero-order chi connectivity index (χ0) is 41.1. The lowest BCUT2D eigenvalue weighted by atomic mass is 9.82. The number of rotatable bonds is 15. The predicted molar refractivity (Wildman–Crippen MR) is 259 cm³/mol. The zero-order valence-electron chi connectivity index (χ0n) is 35.2. The molecule has 0 saturated carbocycles. The van der Waals surface area contributed by atoms with Crippen LogP contribution in [-0.2, 0) is 6.42 Å². The van der Waals surface area contributed by atoms with Crippen LogP contribution in [0.15, 0.2) is 242 Å². The number of benzene rings is 5. The molecule has 61 heavy (non-hydrogen) atoms. The van der Waals surface area contributed by atoms with E-state index in [-0.39, 0.29) is 12.1 Å². The summed E-state index contributed by atoms with van der Waals surface area (Å²) in [5, 5.41) is 0. The van der Waals surface area contributed by atoms with Crippen LogP contribution >= 0.6 is 0 Å². The van der Waals surface area contributed by atoms with Crippen LogP contribution in [0.3, 0.4) is 0 Å². The van der Waals surface area contributed by atoms with E-state index < -0.39 is 0 Å². The van der Waals surface area contributed by atoms with Crippen LogP contribution in [0, 0.1) is 5.92 Å². The number of hydrogen-bond acceptors (Lipinski definition) is 3. The minimum atomic E-state index is 0.204. The van der Waals surface area contributed by atoms with Gasteiger partial charge >= 0.3 is 0 Å². The maximum atomic E-state index is 2.57. The molecular weight excluding hydrogens is 739 g/mol. The summed E-state index contributed by atoms with van der Waals surface area (Å²) in [5.74, 6) is 1.15. The summed E-state index contributed by atoms with van der Waals surface area (Å²) in [7, 11) is 0. The van der Waals surface area contributed by atoms with E-state index in [9.17, 15) is 0 Å². The molecule has 4 aliphatic rings. The molecule has 5 aromatic carbocycles. The highest BCUT2D eigenvalue weighted by Crippen LogP contribution is 2.38. The highest BCUT2D eigenvalue weighted by atomic mass is 15.2. The second kappa shape index (κ2) is 19.7. The fourth-order valence-corrected chi connectivity index (χ4v) is 9.54. The lowest BCUT2D eigenvalue weighted by molar-refractivity contribution is 0.483. The van der Waals surface area contributed by atoms with Gasteiger partial charge in [-0.05, 0) is 141 Å². The molecule has 0 bridgehead atoms. The highest BCUT2D eigenvalue weighted by Gasteiger charge is 2.28. The van der Waals surface area contributed by atoms with E-state index in [0.717, 1.165) is 44.9 Å². The maximum Gasteiger partial charge on any atom is 0.0559 e. The third kappa shape index (κ3) is 9.74. The lowest BCUT2D eigenvalue weighted by Gasteiger charge is -2.39. The first-order valence-electron chi connectivity index (χ1n) is 22.4. The van der Waals surface area contributed by atoms with Crippen molar-refractivity contribution < 1.29 is 0 Å². The Morgan fingerprint density at radius 1 is 0.492 bits per heavy atom. The molecule has 0 N–H and O–H groups in total. The first kappa shape index (κ1) is 39.9. The molecule has 0 saturated heterocycles. The monoisotopic (exact) mass is 795 g/mol. The Bertz CT molecular complexity index is 2400. The molecule has 3 nitrogen and oxygen atoms in total. The van der Waals surface area contributed by atoms with E-state index in [2.05, 4.69) is 239 Å². The van der Waals surface area contributed by atoms with Gasteiger partial charge in [-0.1, -0.05) is 158 Å². The van der Waals surface area contributed by atoms with Gasteiger partial charge in [0.05, 0.1) is 12.1 Å². The average Bonchev–Trinajstić information content (AvgIpc) is 3.34. The predicted octanol–water partition coefficient (Wildman–Crippen LogP) is 14.7. The molecular formula is C58H57N3. The van der Waals surface area contributed by atoms with Crippen LogP contribution in [0.2, 0.25) is 0 Å². The van der Waals surface area contributed by atoms with Crippen molar-refractivity contribution in [1.82, 2.24) is 0 Å². The largest absolute Gasteiger partial charge is 0.338 e. The van der Waals surface area contributed by atoms with Gasteiger partial charge in [-0.2, -0.15) is 0 Å². The fourth-order valence-electron chi connectivity index (χ4n) is 9.54. The number of aryl methyl sites for hydroxylation is 1. The number of para-hydroxylation sites is 3. The Labute approximate surface area is 364 Å². The third-order valence-corrected chi connectivity index (χ3v) is 12.6. The van der Waals surface area contributed by atoms with E-state index in [1.54, 1.807) is 0 Å². The Kier molecular flexibility index (Phi) is 12.8. The molecule has 0 aliphatic heterocycles. The summed E-state index contributed by atoms with van der Waals surface area (Å²) in [6.07, 6.45) is 38.5. The van der Waals surface area contributed by atoms with Crippen molar-refractivity contribution in [3.8, 4) is 0 Å². The minimum absolute atomic E-state index is 0.204. The molecule has 0 radical (unpaired) electrons. The smallest absolute Gasteiger partial charge is 0.0559 e. The average molecular weight is 796 g/mol. The summed E-state index contributed by atoms with van der Waals surface area (Å²) in [6, 6.07) is 53.5. The molecule has 4 atom stereocenters. The van der Waals surface area contributed by atoms with Gasteiger partial charge in [-0.25, -0.2) is 0 Å². The van der Waals surface area contributed by atoms with E-state index in [1.807, 2.05) is 0 Å². The fraction of sp³-hybridized carbons (Fsp3) is 0.207. The summed E-state index contributed by atoms with van der Waals surface area (Å²) in [6.45, 7) is 0. The van der Waals surface area contributed by atoms with E-state index in [4.69, 9.17) is 0 Å². The highest BCUT2D eigenvalue weighted by molar-refractivity contribution is 5.69. The normalized spacial score (nSPS) is 19.7. The molecule has 304 valence electrons. The summed E-state index contributed by atoms with van der Waals surface area (Å²) >= 11 is 0. The van der Waals surface area contributed by atoms with Gasteiger partial charge in [0, 0.05) is 39.8 Å². The van der Waals surface area contributed by atoms with Crippen molar-refractivity contribution in [2.75, 3.05) is 14.7 Å².